The molecule has 190 valence electrons. The molecule has 0 saturated heterocycles. The van der Waals surface area contributed by atoms with Crippen molar-refractivity contribution in [2.45, 2.75) is 31.8 Å². The van der Waals surface area contributed by atoms with Crippen molar-refractivity contribution >= 4 is 44.5 Å². The fourth-order valence-electron chi connectivity index (χ4n) is 4.52. The Morgan fingerprint density at radius 1 is 0.868 bits per heavy atom. The van der Waals surface area contributed by atoms with Crippen molar-refractivity contribution in [1.29, 1.82) is 0 Å². The molecule has 1 aliphatic rings. The predicted octanol–water partition coefficient (Wildman–Crippen LogP) is 7.54. The molecular formula is C30H27N5O2S. The van der Waals surface area contributed by atoms with E-state index < -0.39 is 0 Å². The van der Waals surface area contributed by atoms with Gasteiger partial charge in [-0.1, -0.05) is 41.7 Å². The molecule has 0 bridgehead atoms. The smallest absolute Gasteiger partial charge is 0.189 e. The molecule has 0 unspecified atom stereocenters. The van der Waals surface area contributed by atoms with E-state index in [0.717, 1.165) is 57.9 Å². The number of anilines is 2. The summed E-state index contributed by atoms with van der Waals surface area (Å²) < 4.78 is 7.02. The predicted molar refractivity (Wildman–Crippen MR) is 153 cm³/mol. The lowest BCUT2D eigenvalue weighted by atomic mass is 9.88. The van der Waals surface area contributed by atoms with Crippen LogP contribution >= 0.6 is 11.3 Å². The number of pyridine rings is 2. The van der Waals surface area contributed by atoms with Gasteiger partial charge in [-0.15, -0.1) is 0 Å². The lowest BCUT2D eigenvalue weighted by Crippen LogP contribution is -2.18. The molecule has 0 radical (unpaired) electrons. The number of hydrogen-bond donors (Lipinski definition) is 2. The van der Waals surface area contributed by atoms with Crippen LogP contribution in [0, 0.1) is 5.92 Å². The first kappa shape index (κ1) is 24.2. The summed E-state index contributed by atoms with van der Waals surface area (Å²) in [6.07, 6.45) is 8.99. The van der Waals surface area contributed by atoms with Gasteiger partial charge >= 0.3 is 0 Å². The first-order valence-corrected chi connectivity index (χ1v) is 13.5. The third kappa shape index (κ3) is 5.88. The number of fused-ring (bicyclic) bond motifs is 1. The van der Waals surface area contributed by atoms with Gasteiger partial charge in [-0.3, -0.25) is 4.98 Å². The first-order chi connectivity index (χ1) is 18.7. The molecule has 0 amide bonds. The highest BCUT2D eigenvalue weighted by Crippen LogP contribution is 2.33. The summed E-state index contributed by atoms with van der Waals surface area (Å²) in [7, 11) is 0. The highest BCUT2D eigenvalue weighted by atomic mass is 32.1. The van der Waals surface area contributed by atoms with Gasteiger partial charge in [0.25, 0.3) is 0 Å². The second-order valence-corrected chi connectivity index (χ2v) is 10.4. The Morgan fingerprint density at radius 2 is 1.74 bits per heavy atom. The molecule has 1 aliphatic carbocycles. The normalized spacial score (nSPS) is 17.6. The van der Waals surface area contributed by atoms with Crippen molar-refractivity contribution in [2.24, 2.45) is 10.9 Å². The minimum absolute atomic E-state index is 0.161. The molecule has 2 N–H and O–H groups in total. The average molecular weight is 522 g/mol. The van der Waals surface area contributed by atoms with Crippen molar-refractivity contribution in [3.05, 3.63) is 85.2 Å². The van der Waals surface area contributed by atoms with Crippen molar-refractivity contribution in [3.8, 4) is 22.6 Å². The molecule has 3 heterocycles. The van der Waals surface area contributed by atoms with Crippen molar-refractivity contribution in [1.82, 2.24) is 15.0 Å². The summed E-state index contributed by atoms with van der Waals surface area (Å²) in [5, 5.41) is 13.8. The Morgan fingerprint density at radius 3 is 2.61 bits per heavy atom. The molecule has 7 nitrogen and oxygen atoms in total. The zero-order valence-electron chi connectivity index (χ0n) is 20.7. The van der Waals surface area contributed by atoms with Gasteiger partial charge in [0, 0.05) is 18.0 Å². The van der Waals surface area contributed by atoms with Crippen LogP contribution in [0.5, 0.6) is 11.5 Å². The highest BCUT2D eigenvalue weighted by molar-refractivity contribution is 7.22. The lowest BCUT2D eigenvalue weighted by molar-refractivity contribution is 0.121. The van der Waals surface area contributed by atoms with Gasteiger partial charge < -0.3 is 15.2 Å². The maximum Gasteiger partial charge on any atom is 0.189 e. The summed E-state index contributed by atoms with van der Waals surface area (Å²) in [6, 6.07) is 23.6. The van der Waals surface area contributed by atoms with Crippen LogP contribution in [0.2, 0.25) is 0 Å². The van der Waals surface area contributed by atoms with Crippen molar-refractivity contribution in [2.75, 3.05) is 5.32 Å². The Bertz CT molecular complexity index is 1560. The van der Waals surface area contributed by atoms with E-state index in [2.05, 4.69) is 26.3 Å². The fourth-order valence-corrected chi connectivity index (χ4v) is 5.43. The fraction of sp³-hybridized carbons (Fsp3) is 0.200. The Hall–Kier alpha value is -4.14. The molecule has 0 spiro atoms. The number of rotatable bonds is 7. The number of para-hydroxylation sites is 1. The van der Waals surface area contributed by atoms with Gasteiger partial charge in [-0.25, -0.2) is 15.0 Å². The number of aliphatic hydroxyl groups is 1. The summed E-state index contributed by atoms with van der Waals surface area (Å²) in [4.78, 5) is 18.3. The monoisotopic (exact) mass is 521 g/mol. The molecule has 1 saturated carbocycles. The van der Waals surface area contributed by atoms with E-state index in [0.29, 0.717) is 23.3 Å². The van der Waals surface area contributed by atoms with Gasteiger partial charge in [0.15, 0.2) is 10.9 Å². The number of hydrogen-bond acceptors (Lipinski definition) is 8. The SMILES string of the molecule is OC1CCC(/C=N/c2cccc(Nc3nc4ccc(-c5cncc(Oc6ccccc6)c5)cc4s3)n2)CC1. The Balaban J connectivity index is 1.16. The van der Waals surface area contributed by atoms with E-state index in [4.69, 9.17) is 9.72 Å². The number of aromatic nitrogens is 3. The maximum absolute atomic E-state index is 9.70. The number of aliphatic hydroxyl groups excluding tert-OH is 1. The Kier molecular flexibility index (Phi) is 7.06. The standard InChI is InChI=1S/C30H27N5O2S/c36-23-12-9-20(10-13-23)17-32-28-7-4-8-29(34-28)35-30-33-26-14-11-21(16-27(26)38-30)22-15-25(19-31-18-22)37-24-5-2-1-3-6-24/h1-8,11,14-20,23,36H,9-10,12-13H2,(H,33,34,35)/b32-17+. The molecule has 38 heavy (non-hydrogen) atoms. The minimum atomic E-state index is -0.161. The number of nitrogens with zero attached hydrogens (tertiary/aromatic N) is 4. The van der Waals surface area contributed by atoms with Crippen LogP contribution in [-0.2, 0) is 0 Å². The number of thiazole rings is 1. The number of aliphatic imine (C=N–C) groups is 1. The third-order valence-electron chi connectivity index (χ3n) is 6.54. The molecular weight excluding hydrogens is 494 g/mol. The highest BCUT2D eigenvalue weighted by Gasteiger charge is 2.17. The largest absolute Gasteiger partial charge is 0.456 e. The first-order valence-electron chi connectivity index (χ1n) is 12.7. The van der Waals surface area contributed by atoms with Crippen LogP contribution in [0.15, 0.2) is 90.2 Å². The molecule has 2 aromatic carbocycles. The Labute approximate surface area is 224 Å². The zero-order chi connectivity index (χ0) is 25.7. The molecule has 8 heteroatoms. The van der Waals surface area contributed by atoms with Crippen LogP contribution in [0.25, 0.3) is 21.3 Å². The van der Waals surface area contributed by atoms with E-state index in [1.807, 2.05) is 79.1 Å². The molecule has 5 aromatic rings. The van der Waals surface area contributed by atoms with E-state index in [-0.39, 0.29) is 6.10 Å². The summed E-state index contributed by atoms with van der Waals surface area (Å²) in [5.41, 5.74) is 2.94. The second-order valence-electron chi connectivity index (χ2n) is 9.38. The van der Waals surface area contributed by atoms with Crippen LogP contribution in [0.4, 0.5) is 16.8 Å². The molecule has 0 atom stereocenters. The molecule has 1 fully saturated rings. The number of benzene rings is 2. The molecule has 6 rings (SSSR count). The van der Waals surface area contributed by atoms with Crippen LogP contribution in [-0.4, -0.2) is 32.4 Å². The maximum atomic E-state index is 9.70. The average Bonchev–Trinajstić information content (AvgIpc) is 3.35. The van der Waals surface area contributed by atoms with Crippen LogP contribution in [0.1, 0.15) is 25.7 Å². The minimum Gasteiger partial charge on any atom is -0.456 e. The van der Waals surface area contributed by atoms with Gasteiger partial charge in [0.2, 0.25) is 0 Å². The lowest BCUT2D eigenvalue weighted by Gasteiger charge is -2.21. The molecule has 3 aromatic heterocycles. The molecule has 0 aliphatic heterocycles. The quantitative estimate of drug-likeness (QED) is 0.215. The van der Waals surface area contributed by atoms with Crippen molar-refractivity contribution in [3.63, 3.8) is 0 Å². The third-order valence-corrected chi connectivity index (χ3v) is 7.48. The van der Waals surface area contributed by atoms with E-state index in [9.17, 15) is 5.11 Å². The number of nitrogens with one attached hydrogen (secondary N) is 1. The topological polar surface area (TPSA) is 92.5 Å². The van der Waals surface area contributed by atoms with Gasteiger partial charge in [0.1, 0.15) is 17.3 Å². The van der Waals surface area contributed by atoms with Gasteiger partial charge in [0.05, 0.1) is 22.5 Å². The second kappa shape index (κ2) is 11.1. The van der Waals surface area contributed by atoms with Gasteiger partial charge in [-0.05, 0) is 79.6 Å². The zero-order valence-corrected chi connectivity index (χ0v) is 21.5. The van der Waals surface area contributed by atoms with E-state index in [1.54, 1.807) is 17.5 Å². The van der Waals surface area contributed by atoms with Crippen molar-refractivity contribution < 1.29 is 9.84 Å². The summed E-state index contributed by atoms with van der Waals surface area (Å²) in [5.74, 6) is 3.23. The summed E-state index contributed by atoms with van der Waals surface area (Å²) in [6.45, 7) is 0. The van der Waals surface area contributed by atoms with E-state index >= 15 is 0 Å². The van der Waals surface area contributed by atoms with Gasteiger partial charge in [-0.2, -0.15) is 0 Å². The number of ether oxygens (including phenoxy) is 1. The van der Waals surface area contributed by atoms with Crippen LogP contribution < -0.4 is 10.1 Å². The van der Waals surface area contributed by atoms with E-state index in [1.165, 1.54) is 0 Å². The summed E-state index contributed by atoms with van der Waals surface area (Å²) >= 11 is 1.57. The van der Waals surface area contributed by atoms with Crippen LogP contribution in [0.3, 0.4) is 0 Å².